The Labute approximate surface area is 116 Å². The van der Waals surface area contributed by atoms with E-state index in [4.69, 9.17) is 16.9 Å². The zero-order valence-electron chi connectivity index (χ0n) is 10.3. The molecule has 0 bridgehead atoms. The summed E-state index contributed by atoms with van der Waals surface area (Å²) in [5.41, 5.74) is 2.67. The Morgan fingerprint density at radius 2 is 2.05 bits per heavy atom. The molecule has 0 heterocycles. The summed E-state index contributed by atoms with van der Waals surface area (Å²) in [5.74, 6) is 0. The van der Waals surface area contributed by atoms with Gasteiger partial charge in [-0.1, -0.05) is 17.7 Å². The Kier molecular flexibility index (Phi) is 3.84. The third kappa shape index (κ3) is 2.75. The third-order valence-corrected chi connectivity index (χ3v) is 3.08. The third-order valence-electron chi connectivity index (χ3n) is 2.84. The fourth-order valence-corrected chi connectivity index (χ4v) is 2.03. The normalized spacial score (nSPS) is 9.74. The topological polar surface area (TPSA) is 44.1 Å². The van der Waals surface area contributed by atoms with Gasteiger partial charge >= 0.3 is 0 Å². The molecule has 0 N–H and O–H groups in total. The molecular formula is C15H11ClN2O. The number of nitrogens with zero attached hydrogens (tertiary/aromatic N) is 2. The minimum Gasteiger partial charge on any atom is -0.344 e. The molecule has 0 saturated carbocycles. The summed E-state index contributed by atoms with van der Waals surface area (Å²) in [6.45, 7) is 0. The Morgan fingerprint density at radius 1 is 1.26 bits per heavy atom. The van der Waals surface area contributed by atoms with Crippen LogP contribution in [0.2, 0.25) is 5.02 Å². The number of hydrogen-bond donors (Lipinski definition) is 0. The van der Waals surface area contributed by atoms with E-state index in [9.17, 15) is 4.79 Å². The molecule has 4 heteroatoms. The predicted molar refractivity (Wildman–Crippen MR) is 76.1 cm³/mol. The molecule has 2 aromatic carbocycles. The summed E-state index contributed by atoms with van der Waals surface area (Å²) in [6.07, 6.45) is 0.770. The summed E-state index contributed by atoms with van der Waals surface area (Å²) in [4.78, 5) is 12.9. The highest BCUT2D eigenvalue weighted by molar-refractivity contribution is 6.31. The molecule has 0 amide bonds. The van der Waals surface area contributed by atoms with Crippen molar-refractivity contribution in [3.8, 4) is 6.07 Å². The smallest absolute Gasteiger partial charge is 0.152 e. The van der Waals surface area contributed by atoms with Crippen LogP contribution in [0.5, 0.6) is 0 Å². The SMILES string of the molecule is CN(c1cccc(C#N)c1)c1ccc(Cl)cc1C=O. The second-order valence-corrected chi connectivity index (χ2v) is 4.48. The van der Waals surface area contributed by atoms with Crippen molar-refractivity contribution in [1.82, 2.24) is 0 Å². The van der Waals surface area contributed by atoms with E-state index in [1.165, 1.54) is 0 Å². The number of hydrogen-bond acceptors (Lipinski definition) is 3. The maximum absolute atomic E-state index is 11.1. The van der Waals surface area contributed by atoms with E-state index in [2.05, 4.69) is 6.07 Å². The fraction of sp³-hybridized carbons (Fsp3) is 0.0667. The molecule has 3 nitrogen and oxygen atoms in total. The first-order valence-electron chi connectivity index (χ1n) is 5.64. The lowest BCUT2D eigenvalue weighted by atomic mass is 10.1. The number of aldehydes is 1. The molecule has 0 spiro atoms. The molecule has 2 rings (SSSR count). The highest BCUT2D eigenvalue weighted by Gasteiger charge is 2.10. The number of anilines is 2. The van der Waals surface area contributed by atoms with Gasteiger partial charge in [0.1, 0.15) is 0 Å². The Balaban J connectivity index is 2.46. The number of carbonyl (C=O) groups is 1. The molecular weight excluding hydrogens is 260 g/mol. The average Bonchev–Trinajstić information content (AvgIpc) is 2.46. The number of carbonyl (C=O) groups excluding carboxylic acids is 1. The van der Waals surface area contributed by atoms with Crippen LogP contribution in [0, 0.1) is 11.3 Å². The quantitative estimate of drug-likeness (QED) is 0.797. The van der Waals surface area contributed by atoms with E-state index in [0.717, 1.165) is 17.7 Å². The lowest BCUT2D eigenvalue weighted by Crippen LogP contribution is -2.11. The van der Waals surface area contributed by atoms with Gasteiger partial charge in [0.05, 0.1) is 17.3 Å². The van der Waals surface area contributed by atoms with Crippen molar-refractivity contribution in [3.63, 3.8) is 0 Å². The number of benzene rings is 2. The summed E-state index contributed by atoms with van der Waals surface area (Å²) in [5, 5.41) is 9.43. The zero-order chi connectivity index (χ0) is 13.8. The van der Waals surface area contributed by atoms with Crippen molar-refractivity contribution in [2.24, 2.45) is 0 Å². The molecule has 94 valence electrons. The largest absolute Gasteiger partial charge is 0.344 e. The lowest BCUT2D eigenvalue weighted by molar-refractivity contribution is 0.112. The highest BCUT2D eigenvalue weighted by Crippen LogP contribution is 2.28. The van der Waals surface area contributed by atoms with Gasteiger partial charge in [-0.2, -0.15) is 5.26 Å². The molecule has 0 saturated heterocycles. The Morgan fingerprint density at radius 3 is 2.74 bits per heavy atom. The molecule has 0 radical (unpaired) electrons. The molecule has 19 heavy (non-hydrogen) atoms. The molecule has 0 aliphatic carbocycles. The van der Waals surface area contributed by atoms with E-state index in [0.29, 0.717) is 16.1 Å². The van der Waals surface area contributed by atoms with Crippen molar-refractivity contribution in [3.05, 3.63) is 58.6 Å². The monoisotopic (exact) mass is 270 g/mol. The van der Waals surface area contributed by atoms with Crippen LogP contribution in [0.25, 0.3) is 0 Å². The van der Waals surface area contributed by atoms with E-state index in [-0.39, 0.29) is 0 Å². The maximum atomic E-state index is 11.1. The first-order valence-corrected chi connectivity index (χ1v) is 6.02. The molecule has 2 aromatic rings. The van der Waals surface area contributed by atoms with E-state index >= 15 is 0 Å². The van der Waals surface area contributed by atoms with Crippen LogP contribution in [0.3, 0.4) is 0 Å². The Bertz CT molecular complexity index is 661. The molecule has 0 aliphatic rings. The van der Waals surface area contributed by atoms with Crippen LogP contribution < -0.4 is 4.90 Å². The van der Waals surface area contributed by atoms with E-state index < -0.39 is 0 Å². The second-order valence-electron chi connectivity index (χ2n) is 4.04. The van der Waals surface area contributed by atoms with Crippen molar-refractivity contribution < 1.29 is 4.79 Å². The van der Waals surface area contributed by atoms with E-state index in [1.807, 2.05) is 18.0 Å². The van der Waals surface area contributed by atoms with Gasteiger partial charge in [-0.25, -0.2) is 0 Å². The first kappa shape index (κ1) is 13.1. The number of rotatable bonds is 3. The Hall–Kier alpha value is -2.31. The van der Waals surface area contributed by atoms with Gasteiger partial charge in [-0.15, -0.1) is 0 Å². The molecule has 0 unspecified atom stereocenters. The molecule has 0 fully saturated rings. The average molecular weight is 271 g/mol. The maximum Gasteiger partial charge on any atom is 0.152 e. The van der Waals surface area contributed by atoms with Gasteiger partial charge in [0.15, 0.2) is 6.29 Å². The van der Waals surface area contributed by atoms with Gasteiger partial charge < -0.3 is 4.90 Å². The highest BCUT2D eigenvalue weighted by atomic mass is 35.5. The van der Waals surface area contributed by atoms with Gasteiger partial charge in [-0.05, 0) is 36.4 Å². The first-order chi connectivity index (χ1) is 9.15. The van der Waals surface area contributed by atoms with Crippen molar-refractivity contribution in [2.75, 3.05) is 11.9 Å². The van der Waals surface area contributed by atoms with Crippen molar-refractivity contribution >= 4 is 29.3 Å². The predicted octanol–water partition coefficient (Wildman–Crippen LogP) is 3.79. The zero-order valence-corrected chi connectivity index (χ0v) is 11.1. The van der Waals surface area contributed by atoms with Crippen LogP contribution in [0.1, 0.15) is 15.9 Å². The van der Waals surface area contributed by atoms with E-state index in [1.54, 1.807) is 36.4 Å². The van der Waals surface area contributed by atoms with Crippen LogP contribution in [0.15, 0.2) is 42.5 Å². The van der Waals surface area contributed by atoms with Gasteiger partial charge in [0.25, 0.3) is 0 Å². The number of halogens is 1. The summed E-state index contributed by atoms with van der Waals surface area (Å²) in [7, 11) is 1.84. The number of nitriles is 1. The van der Waals surface area contributed by atoms with Crippen LogP contribution in [0.4, 0.5) is 11.4 Å². The summed E-state index contributed by atoms with van der Waals surface area (Å²) >= 11 is 5.87. The standard InChI is InChI=1S/C15H11ClN2O/c1-18(14-4-2-3-11(7-14)9-17)15-6-5-13(16)8-12(15)10-19/h2-8,10H,1H3. The molecule has 0 aliphatic heterocycles. The van der Waals surface area contributed by atoms with Crippen molar-refractivity contribution in [1.29, 1.82) is 5.26 Å². The van der Waals surface area contributed by atoms with Gasteiger partial charge in [0.2, 0.25) is 0 Å². The van der Waals surface area contributed by atoms with Crippen LogP contribution >= 0.6 is 11.6 Å². The van der Waals surface area contributed by atoms with Crippen molar-refractivity contribution in [2.45, 2.75) is 0 Å². The molecule has 0 atom stereocenters. The summed E-state index contributed by atoms with van der Waals surface area (Å²) in [6, 6.07) is 14.4. The second kappa shape index (κ2) is 5.55. The van der Waals surface area contributed by atoms with Gasteiger partial charge in [-0.3, -0.25) is 4.79 Å². The molecule has 0 aromatic heterocycles. The minimum atomic E-state index is 0.511. The van der Waals surface area contributed by atoms with Crippen LogP contribution in [-0.4, -0.2) is 13.3 Å². The lowest BCUT2D eigenvalue weighted by Gasteiger charge is -2.21. The minimum absolute atomic E-state index is 0.511. The summed E-state index contributed by atoms with van der Waals surface area (Å²) < 4.78 is 0. The van der Waals surface area contributed by atoms with Gasteiger partial charge in [0, 0.05) is 23.3 Å². The van der Waals surface area contributed by atoms with Crippen LogP contribution in [-0.2, 0) is 0 Å². The fourth-order valence-electron chi connectivity index (χ4n) is 1.85.